The van der Waals surface area contributed by atoms with Crippen LogP contribution < -0.4 is 15.4 Å². The number of urea groups is 1. The molecule has 150 valence electrons. The highest BCUT2D eigenvalue weighted by Gasteiger charge is 2.62. The number of ether oxygens (including phenoxy) is 1. The maximum Gasteiger partial charge on any atom is 0.394 e. The van der Waals surface area contributed by atoms with E-state index in [1.54, 1.807) is 18.3 Å². The molecular weight excluding hydrogens is 371 g/mol. The van der Waals surface area contributed by atoms with Crippen molar-refractivity contribution in [3.05, 3.63) is 59.8 Å². The third-order valence-electron chi connectivity index (χ3n) is 4.83. The number of carbonyl (C=O) groups excluding carboxylic acids is 1. The molecule has 1 saturated carbocycles. The van der Waals surface area contributed by atoms with E-state index in [9.17, 15) is 18.0 Å². The lowest BCUT2D eigenvalue weighted by molar-refractivity contribution is -0.188. The van der Waals surface area contributed by atoms with E-state index >= 15 is 0 Å². The quantitative estimate of drug-likeness (QED) is 0.707. The van der Waals surface area contributed by atoms with Crippen LogP contribution in [0.1, 0.15) is 30.4 Å². The van der Waals surface area contributed by atoms with E-state index in [0.29, 0.717) is 12.5 Å². The molecule has 0 bridgehead atoms. The van der Waals surface area contributed by atoms with Gasteiger partial charge < -0.3 is 15.4 Å². The molecule has 0 saturated heterocycles. The molecule has 0 aliphatic heterocycles. The van der Waals surface area contributed by atoms with Crippen LogP contribution in [-0.2, 0) is 13.2 Å². The number of nitrogens with zero attached hydrogens (tertiary/aromatic N) is 1. The van der Waals surface area contributed by atoms with Crippen molar-refractivity contribution in [2.45, 2.75) is 38.6 Å². The molecule has 1 fully saturated rings. The van der Waals surface area contributed by atoms with E-state index in [2.05, 4.69) is 15.6 Å². The summed E-state index contributed by atoms with van der Waals surface area (Å²) in [6.07, 6.45) is -2.42. The van der Waals surface area contributed by atoms with E-state index in [4.69, 9.17) is 4.74 Å². The maximum atomic E-state index is 12.9. The summed E-state index contributed by atoms with van der Waals surface area (Å²) in [5.41, 5.74) is 0.192. The van der Waals surface area contributed by atoms with Crippen molar-refractivity contribution in [2.75, 3.05) is 6.54 Å². The Bertz CT molecular complexity index is 793. The van der Waals surface area contributed by atoms with Gasteiger partial charge in [0.1, 0.15) is 6.61 Å². The minimum absolute atomic E-state index is 0.00682. The zero-order valence-corrected chi connectivity index (χ0v) is 15.3. The summed E-state index contributed by atoms with van der Waals surface area (Å²) < 4.78 is 44.2. The van der Waals surface area contributed by atoms with Crippen molar-refractivity contribution in [3.8, 4) is 5.88 Å². The molecule has 1 aliphatic carbocycles. The standard InChI is InChI=1S/C20H22F3N3O2/c21-20(22,23)19(7-8-19)9-11-25-18(27)26-13-16-6-10-24-17(12-16)28-14-15-4-2-1-3-5-15/h1-6,10,12H,7-9,11,13-14H2,(H2,25,26,27). The summed E-state index contributed by atoms with van der Waals surface area (Å²) in [6.45, 7) is 0.597. The molecule has 1 aromatic heterocycles. The largest absolute Gasteiger partial charge is 0.473 e. The number of nitrogens with one attached hydrogen (secondary N) is 2. The predicted octanol–water partition coefficient (Wildman–Crippen LogP) is 4.19. The molecule has 8 heteroatoms. The number of halogens is 3. The number of benzene rings is 1. The summed E-state index contributed by atoms with van der Waals surface area (Å²) in [5.74, 6) is 0.435. The molecule has 28 heavy (non-hydrogen) atoms. The van der Waals surface area contributed by atoms with Crippen molar-refractivity contribution in [1.82, 2.24) is 15.6 Å². The molecule has 0 atom stereocenters. The van der Waals surface area contributed by atoms with Crippen molar-refractivity contribution in [1.29, 1.82) is 0 Å². The van der Waals surface area contributed by atoms with Gasteiger partial charge in [-0.1, -0.05) is 30.3 Å². The molecule has 2 amide bonds. The van der Waals surface area contributed by atoms with E-state index in [1.807, 2.05) is 30.3 Å². The zero-order chi connectivity index (χ0) is 20.0. The number of rotatable bonds is 8. The first-order valence-electron chi connectivity index (χ1n) is 9.08. The average Bonchev–Trinajstić information content (AvgIpc) is 3.47. The first-order chi connectivity index (χ1) is 13.4. The van der Waals surface area contributed by atoms with Crippen LogP contribution in [0.3, 0.4) is 0 Å². The summed E-state index contributed by atoms with van der Waals surface area (Å²) in [6, 6.07) is 12.6. The summed E-state index contributed by atoms with van der Waals surface area (Å²) >= 11 is 0. The van der Waals surface area contributed by atoms with Crippen LogP contribution >= 0.6 is 0 Å². The number of alkyl halides is 3. The molecule has 0 radical (unpaired) electrons. The second-order valence-corrected chi connectivity index (χ2v) is 6.91. The number of pyridine rings is 1. The van der Waals surface area contributed by atoms with Gasteiger partial charge in [0.15, 0.2) is 0 Å². The lowest BCUT2D eigenvalue weighted by atomic mass is 10.0. The second kappa shape index (κ2) is 8.50. The highest BCUT2D eigenvalue weighted by atomic mass is 19.4. The van der Waals surface area contributed by atoms with Gasteiger partial charge in [0.2, 0.25) is 5.88 Å². The monoisotopic (exact) mass is 393 g/mol. The number of hydrogen-bond donors (Lipinski definition) is 2. The lowest BCUT2D eigenvalue weighted by Crippen LogP contribution is -2.37. The Morgan fingerprint density at radius 3 is 2.54 bits per heavy atom. The molecule has 2 aromatic rings. The van der Waals surface area contributed by atoms with Gasteiger partial charge in [-0.25, -0.2) is 9.78 Å². The maximum absolute atomic E-state index is 12.9. The van der Waals surface area contributed by atoms with E-state index in [1.165, 1.54) is 0 Å². The Labute approximate surface area is 161 Å². The van der Waals surface area contributed by atoms with Crippen molar-refractivity contribution >= 4 is 6.03 Å². The minimum atomic E-state index is -4.20. The molecule has 3 rings (SSSR count). The molecule has 2 N–H and O–H groups in total. The third-order valence-corrected chi connectivity index (χ3v) is 4.83. The van der Waals surface area contributed by atoms with Gasteiger partial charge in [0, 0.05) is 25.4 Å². The molecule has 0 spiro atoms. The zero-order valence-electron chi connectivity index (χ0n) is 15.3. The van der Waals surface area contributed by atoms with E-state index in [0.717, 1.165) is 11.1 Å². The van der Waals surface area contributed by atoms with Gasteiger partial charge >= 0.3 is 12.2 Å². The van der Waals surface area contributed by atoms with E-state index in [-0.39, 0.29) is 32.4 Å². The smallest absolute Gasteiger partial charge is 0.394 e. The first-order valence-corrected chi connectivity index (χ1v) is 9.08. The van der Waals surface area contributed by atoms with Crippen LogP contribution in [0, 0.1) is 5.41 Å². The minimum Gasteiger partial charge on any atom is -0.473 e. The molecule has 0 unspecified atom stereocenters. The molecule has 1 aromatic carbocycles. The fourth-order valence-corrected chi connectivity index (χ4v) is 2.86. The van der Waals surface area contributed by atoms with Crippen molar-refractivity contribution < 1.29 is 22.7 Å². The second-order valence-electron chi connectivity index (χ2n) is 6.91. The first kappa shape index (κ1) is 20.0. The topological polar surface area (TPSA) is 63.2 Å². The van der Waals surface area contributed by atoms with Gasteiger partial charge in [-0.3, -0.25) is 0 Å². The Morgan fingerprint density at radius 1 is 1.11 bits per heavy atom. The predicted molar refractivity (Wildman–Crippen MR) is 97.6 cm³/mol. The van der Waals surface area contributed by atoms with Crippen LogP contribution in [-0.4, -0.2) is 23.7 Å². The number of aromatic nitrogens is 1. The highest BCUT2D eigenvalue weighted by Crippen LogP contribution is 2.59. The number of carbonyl (C=O) groups is 1. The number of hydrogen-bond acceptors (Lipinski definition) is 3. The Balaban J connectivity index is 1.40. The fraction of sp³-hybridized carbons (Fsp3) is 0.400. The molecule has 1 heterocycles. The van der Waals surface area contributed by atoms with Gasteiger partial charge in [-0.2, -0.15) is 13.2 Å². The SMILES string of the molecule is O=C(NCCC1(C(F)(F)F)CC1)NCc1ccnc(OCc2ccccc2)c1. The molecule has 5 nitrogen and oxygen atoms in total. The van der Waals surface area contributed by atoms with E-state index < -0.39 is 17.6 Å². The Kier molecular flexibility index (Phi) is 6.06. The fourth-order valence-electron chi connectivity index (χ4n) is 2.86. The van der Waals surface area contributed by atoms with Gasteiger partial charge in [-0.05, 0) is 36.5 Å². The molecule has 1 aliphatic rings. The third kappa shape index (κ3) is 5.37. The summed E-state index contributed by atoms with van der Waals surface area (Å²) in [4.78, 5) is 15.9. The van der Waals surface area contributed by atoms with Crippen LogP contribution in [0.25, 0.3) is 0 Å². The summed E-state index contributed by atoms with van der Waals surface area (Å²) in [5, 5.41) is 5.12. The van der Waals surface area contributed by atoms with Crippen LogP contribution in [0.5, 0.6) is 5.88 Å². The number of amides is 2. The highest BCUT2D eigenvalue weighted by molar-refractivity contribution is 5.73. The average molecular weight is 393 g/mol. The van der Waals surface area contributed by atoms with Crippen LogP contribution in [0.15, 0.2) is 48.7 Å². The lowest BCUT2D eigenvalue weighted by Gasteiger charge is -2.19. The normalized spacial score (nSPS) is 15.0. The van der Waals surface area contributed by atoms with Gasteiger partial charge in [0.25, 0.3) is 0 Å². The summed E-state index contributed by atoms with van der Waals surface area (Å²) in [7, 11) is 0. The van der Waals surface area contributed by atoms with Gasteiger partial charge in [-0.15, -0.1) is 0 Å². The Morgan fingerprint density at radius 2 is 1.86 bits per heavy atom. The molecular formula is C20H22F3N3O2. The van der Waals surface area contributed by atoms with Crippen molar-refractivity contribution in [3.63, 3.8) is 0 Å². The van der Waals surface area contributed by atoms with Crippen LogP contribution in [0.4, 0.5) is 18.0 Å². The van der Waals surface area contributed by atoms with Gasteiger partial charge in [0.05, 0.1) is 5.41 Å². The Hall–Kier alpha value is -2.77. The van der Waals surface area contributed by atoms with Crippen LogP contribution in [0.2, 0.25) is 0 Å². The van der Waals surface area contributed by atoms with Crippen molar-refractivity contribution in [2.24, 2.45) is 5.41 Å².